The molecule has 1 saturated heterocycles. The number of halogens is 3. The molecule has 0 amide bonds. The van der Waals surface area contributed by atoms with E-state index in [2.05, 4.69) is 50.8 Å². The van der Waals surface area contributed by atoms with Gasteiger partial charge in [0.2, 0.25) is 6.29 Å². The van der Waals surface area contributed by atoms with Crippen LogP contribution < -0.4 is 0 Å². The third-order valence-corrected chi connectivity index (χ3v) is 5.77. The molecule has 0 saturated carbocycles. The monoisotopic (exact) mass is 444 g/mol. The Bertz CT molecular complexity index is 678. The van der Waals surface area contributed by atoms with Crippen molar-refractivity contribution in [3.8, 4) is 0 Å². The van der Waals surface area contributed by atoms with Gasteiger partial charge in [-0.15, -0.1) is 0 Å². The summed E-state index contributed by atoms with van der Waals surface area (Å²) in [5, 5.41) is 0. The van der Waals surface area contributed by atoms with E-state index < -0.39 is 23.9 Å². The van der Waals surface area contributed by atoms with Crippen molar-refractivity contribution in [1.29, 1.82) is 0 Å². The first kappa shape index (κ1) is 24.3. The summed E-state index contributed by atoms with van der Waals surface area (Å²) in [7, 11) is -7.62. The minimum atomic E-state index is -6.09. The molecule has 154 valence electrons. The average molecular weight is 445 g/mol. The molecule has 2 rings (SSSR count). The summed E-state index contributed by atoms with van der Waals surface area (Å²) in [6, 6.07) is 10.5. The topological polar surface area (TPSA) is 75.7 Å². The van der Waals surface area contributed by atoms with E-state index in [1.165, 1.54) is 11.0 Å². The molecule has 0 spiro atoms. The van der Waals surface area contributed by atoms with E-state index >= 15 is 0 Å². The fourth-order valence-electron chi connectivity index (χ4n) is 2.05. The van der Waals surface area contributed by atoms with Crippen molar-refractivity contribution in [2.75, 3.05) is 5.75 Å². The van der Waals surface area contributed by atoms with Crippen molar-refractivity contribution >= 4 is 30.2 Å². The summed E-state index contributed by atoms with van der Waals surface area (Å²) in [6.45, 7) is 8.84. The lowest BCUT2D eigenvalue weighted by atomic mass is 10.1. The summed E-state index contributed by atoms with van der Waals surface area (Å²) >= 11 is 1.83. The van der Waals surface area contributed by atoms with Crippen LogP contribution in [0.25, 0.3) is 0 Å². The van der Waals surface area contributed by atoms with Gasteiger partial charge in [0.25, 0.3) is 6.10 Å². The Labute approximate surface area is 163 Å². The zero-order chi connectivity index (χ0) is 20.9. The minimum Gasteiger partial charge on any atom is -0.741 e. The highest BCUT2D eigenvalue weighted by Crippen LogP contribution is 2.36. The van der Waals surface area contributed by atoms with Crippen LogP contribution in [0.15, 0.2) is 35.2 Å². The third-order valence-electron chi connectivity index (χ3n) is 3.19. The molecule has 1 aromatic rings. The Morgan fingerprint density at radius 2 is 1.81 bits per heavy atom. The highest BCUT2D eigenvalue weighted by Gasteiger charge is 2.44. The lowest BCUT2D eigenvalue weighted by Crippen LogP contribution is -2.34. The Balaban J connectivity index is 0.000000387. The van der Waals surface area contributed by atoms with Crippen LogP contribution in [0, 0.1) is 12.0 Å². The maximum Gasteiger partial charge on any atom is 0.485 e. The zero-order valence-electron chi connectivity index (χ0n) is 15.4. The third kappa shape index (κ3) is 9.35. The fraction of sp³-hybridized carbons (Fsp3) is 0.562. The first-order valence-electron chi connectivity index (χ1n) is 8.08. The van der Waals surface area contributed by atoms with Gasteiger partial charge in [-0.05, 0) is 31.8 Å². The number of rotatable bonds is 5. The second-order valence-electron chi connectivity index (χ2n) is 6.94. The van der Waals surface area contributed by atoms with Crippen molar-refractivity contribution in [1.82, 2.24) is 0 Å². The van der Waals surface area contributed by atoms with Crippen LogP contribution in [-0.2, 0) is 19.3 Å². The van der Waals surface area contributed by atoms with Gasteiger partial charge in [-0.25, -0.2) is 8.42 Å². The van der Waals surface area contributed by atoms with Crippen LogP contribution in [-0.4, -0.2) is 38.8 Å². The Morgan fingerprint density at radius 3 is 2.26 bits per heavy atom. The van der Waals surface area contributed by atoms with E-state index in [0.717, 1.165) is 12.2 Å². The van der Waals surface area contributed by atoms with Gasteiger partial charge in [0.05, 0.1) is 5.92 Å². The second kappa shape index (κ2) is 9.66. The number of ether oxygens (including phenoxy) is 1. The maximum atomic E-state index is 10.7. The predicted octanol–water partition coefficient (Wildman–Crippen LogP) is 4.60. The number of hydrogen-bond donors (Lipinski definition) is 0. The molecular formula is C16H23F3O5S2Si. The quantitative estimate of drug-likeness (QED) is 0.217. The van der Waals surface area contributed by atoms with Gasteiger partial charge in [0.15, 0.2) is 24.2 Å². The first-order chi connectivity index (χ1) is 12.2. The van der Waals surface area contributed by atoms with Crippen molar-refractivity contribution in [3.05, 3.63) is 36.4 Å². The zero-order valence-corrected chi connectivity index (χ0v) is 18.1. The summed E-state index contributed by atoms with van der Waals surface area (Å²) in [5.74, 6) is 1.40. The molecule has 1 fully saturated rings. The van der Waals surface area contributed by atoms with E-state index in [-0.39, 0.29) is 6.29 Å². The van der Waals surface area contributed by atoms with Gasteiger partial charge in [0.1, 0.15) is 6.42 Å². The highest BCUT2D eigenvalue weighted by atomic mass is 32.2. The molecule has 1 aromatic carbocycles. The Hall–Kier alpha value is -0.723. The van der Waals surface area contributed by atoms with Gasteiger partial charge < -0.3 is 8.98 Å². The molecule has 1 aliphatic rings. The highest BCUT2D eigenvalue weighted by molar-refractivity contribution is 7.99. The molecule has 2 atom stereocenters. The van der Waals surface area contributed by atoms with Crippen LogP contribution in [0.3, 0.4) is 0 Å². The number of alkyl halides is 3. The number of hydrogen-bond acceptors (Lipinski definition) is 6. The van der Waals surface area contributed by atoms with E-state index in [1.54, 1.807) is 0 Å². The Kier molecular flexibility index (Phi) is 8.70. The van der Waals surface area contributed by atoms with E-state index in [4.69, 9.17) is 22.1 Å². The van der Waals surface area contributed by atoms with Crippen molar-refractivity contribution < 1.29 is 35.3 Å². The lowest BCUT2D eigenvalue weighted by molar-refractivity contribution is -0.0593. The van der Waals surface area contributed by atoms with Crippen LogP contribution in [0.2, 0.25) is 19.6 Å². The van der Waals surface area contributed by atoms with E-state index in [9.17, 15) is 13.2 Å². The number of thioether (sulfide) groups is 1. The van der Waals surface area contributed by atoms with Crippen LogP contribution >= 0.6 is 11.8 Å². The summed E-state index contributed by atoms with van der Waals surface area (Å²) in [4.78, 5) is 1.29. The SMILES string of the molecule is CC1C[C+](CSc2ccccc2)OC1O[Si](C)(C)C.O=S(=O)([O-])C(F)(F)F. The molecule has 0 N–H and O–H groups in total. The van der Waals surface area contributed by atoms with E-state index in [0.29, 0.717) is 5.92 Å². The standard InChI is InChI=1S/C15H23O2SSi.CHF3O3S/c1-12-10-13(16-15(12)17-19(2,3)4)11-18-14-8-6-5-7-9-14;2-1(3,4)8(5,6)7/h5-9,12,15H,10-11H2,1-4H3;(H,5,6,7)/q+1;/p-1. The molecule has 0 bridgehead atoms. The van der Waals surface area contributed by atoms with Crippen LogP contribution in [0.1, 0.15) is 13.3 Å². The molecule has 1 aliphatic heterocycles. The molecule has 27 heavy (non-hydrogen) atoms. The Morgan fingerprint density at radius 1 is 1.30 bits per heavy atom. The summed E-state index contributed by atoms with van der Waals surface area (Å²) in [6.07, 6.45) is 2.16. The normalized spacial score (nSPS) is 21.0. The van der Waals surface area contributed by atoms with Crippen molar-refractivity contribution in [2.45, 2.75) is 49.7 Å². The second-order valence-corrected chi connectivity index (χ2v) is 13.8. The van der Waals surface area contributed by atoms with Crippen LogP contribution in [0.5, 0.6) is 0 Å². The van der Waals surface area contributed by atoms with Gasteiger partial charge in [0, 0.05) is 4.90 Å². The van der Waals surface area contributed by atoms with Crippen LogP contribution in [0.4, 0.5) is 13.2 Å². The fourth-order valence-corrected chi connectivity index (χ4v) is 3.89. The minimum absolute atomic E-state index is 0.0296. The molecular weight excluding hydrogens is 421 g/mol. The smallest absolute Gasteiger partial charge is 0.485 e. The average Bonchev–Trinajstić information content (AvgIpc) is 2.83. The lowest BCUT2D eigenvalue weighted by Gasteiger charge is -2.22. The van der Waals surface area contributed by atoms with Crippen molar-refractivity contribution in [3.63, 3.8) is 0 Å². The molecule has 5 nitrogen and oxygen atoms in total. The molecule has 2 unspecified atom stereocenters. The predicted molar refractivity (Wildman–Crippen MR) is 99.2 cm³/mol. The first-order valence-corrected chi connectivity index (χ1v) is 13.9. The molecule has 11 heteroatoms. The molecule has 1 heterocycles. The molecule has 0 aromatic heterocycles. The van der Waals surface area contributed by atoms with Gasteiger partial charge >= 0.3 is 5.51 Å². The largest absolute Gasteiger partial charge is 0.741 e. The summed E-state index contributed by atoms with van der Waals surface area (Å²) < 4.78 is 71.0. The van der Waals surface area contributed by atoms with Gasteiger partial charge in [-0.2, -0.15) is 17.9 Å². The van der Waals surface area contributed by atoms with E-state index in [1.807, 2.05) is 17.8 Å². The van der Waals surface area contributed by atoms with Gasteiger partial charge in [-0.1, -0.05) is 36.9 Å². The summed E-state index contributed by atoms with van der Waals surface area (Å²) in [5.41, 5.74) is -5.65. The van der Waals surface area contributed by atoms with Crippen molar-refractivity contribution in [2.24, 2.45) is 5.92 Å². The van der Waals surface area contributed by atoms with Gasteiger partial charge in [-0.3, -0.25) is 0 Å². The number of benzene rings is 1. The maximum absolute atomic E-state index is 10.7. The molecule has 0 radical (unpaired) electrons. The molecule has 0 aliphatic carbocycles.